The van der Waals surface area contributed by atoms with Crippen LogP contribution < -0.4 is 0 Å². The lowest BCUT2D eigenvalue weighted by Gasteiger charge is -2.05. The van der Waals surface area contributed by atoms with Gasteiger partial charge < -0.3 is 0 Å². The van der Waals surface area contributed by atoms with Crippen LogP contribution in [0.1, 0.15) is 12.5 Å². The van der Waals surface area contributed by atoms with E-state index in [1.165, 1.54) is 10.5 Å². The van der Waals surface area contributed by atoms with Gasteiger partial charge in [0.15, 0.2) is 0 Å². The first-order chi connectivity index (χ1) is 9.34. The fourth-order valence-corrected chi connectivity index (χ4v) is 2.60. The molecule has 0 N–H and O–H groups in total. The molecule has 0 saturated carbocycles. The summed E-state index contributed by atoms with van der Waals surface area (Å²) in [6.07, 6.45) is 2.07. The van der Waals surface area contributed by atoms with Gasteiger partial charge in [0.2, 0.25) is 0 Å². The Balaban J connectivity index is 1.74. The summed E-state index contributed by atoms with van der Waals surface area (Å²) in [6, 6.07) is 20.9. The van der Waals surface area contributed by atoms with Gasteiger partial charge in [-0.3, -0.25) is 4.99 Å². The van der Waals surface area contributed by atoms with Crippen LogP contribution in [0.5, 0.6) is 0 Å². The van der Waals surface area contributed by atoms with Crippen LogP contribution in [-0.4, -0.2) is 12.0 Å². The number of nitrogens with zero attached hydrogens (tertiary/aromatic N) is 1. The van der Waals surface area contributed by atoms with Gasteiger partial charge >= 0.3 is 0 Å². The van der Waals surface area contributed by atoms with Crippen LogP contribution in [0.3, 0.4) is 0 Å². The average Bonchev–Trinajstić information content (AvgIpc) is 2.47. The molecule has 0 saturated heterocycles. The first-order valence-electron chi connectivity index (χ1n) is 6.56. The molecule has 2 rings (SSSR count). The highest BCUT2D eigenvalue weighted by Crippen LogP contribution is 2.19. The second kappa shape index (κ2) is 7.80. The number of rotatable bonds is 6. The molecular formula is C17H19NS. The number of benzene rings is 2. The average molecular weight is 269 g/mol. The lowest BCUT2D eigenvalue weighted by Crippen LogP contribution is -1.99. The van der Waals surface area contributed by atoms with Crippen LogP contribution >= 0.6 is 11.8 Å². The summed E-state index contributed by atoms with van der Waals surface area (Å²) in [7, 11) is 0. The summed E-state index contributed by atoms with van der Waals surface area (Å²) >= 11 is 1.88. The summed E-state index contributed by atoms with van der Waals surface area (Å²) < 4.78 is 0. The van der Waals surface area contributed by atoms with Crippen molar-refractivity contribution in [3.63, 3.8) is 0 Å². The summed E-state index contributed by atoms with van der Waals surface area (Å²) in [5.74, 6) is 1.57. The largest absolute Gasteiger partial charge is 0.292 e. The molecule has 0 aliphatic rings. The molecule has 2 aromatic carbocycles. The van der Waals surface area contributed by atoms with Crippen molar-refractivity contribution in [2.24, 2.45) is 10.9 Å². The third-order valence-electron chi connectivity index (χ3n) is 2.73. The lowest BCUT2D eigenvalue weighted by molar-refractivity contribution is 0.905. The third kappa shape index (κ3) is 5.31. The molecule has 19 heavy (non-hydrogen) atoms. The van der Waals surface area contributed by atoms with E-state index in [4.69, 9.17) is 0 Å². The van der Waals surface area contributed by atoms with Gasteiger partial charge in [0.05, 0.1) is 6.54 Å². The van der Waals surface area contributed by atoms with Gasteiger partial charge in [-0.15, -0.1) is 11.8 Å². The van der Waals surface area contributed by atoms with Crippen molar-refractivity contribution in [3.8, 4) is 0 Å². The fraction of sp³-hybridized carbons (Fsp3) is 0.235. The zero-order chi connectivity index (χ0) is 13.3. The van der Waals surface area contributed by atoms with Gasteiger partial charge in [0.1, 0.15) is 0 Å². The number of aliphatic imine (C=N–C) groups is 1. The number of thioether (sulfide) groups is 1. The first-order valence-corrected chi connectivity index (χ1v) is 7.55. The predicted octanol–water partition coefficient (Wildman–Crippen LogP) is 4.69. The molecular weight excluding hydrogens is 250 g/mol. The van der Waals surface area contributed by atoms with E-state index in [9.17, 15) is 0 Å². The summed E-state index contributed by atoms with van der Waals surface area (Å²) in [5, 5.41) is 0. The lowest BCUT2D eigenvalue weighted by atomic mass is 10.2. The van der Waals surface area contributed by atoms with Crippen molar-refractivity contribution in [1.29, 1.82) is 0 Å². The Kier molecular flexibility index (Phi) is 5.70. The normalized spacial score (nSPS) is 12.7. The van der Waals surface area contributed by atoms with Gasteiger partial charge in [0.25, 0.3) is 0 Å². The van der Waals surface area contributed by atoms with E-state index in [1.807, 2.05) is 17.8 Å². The van der Waals surface area contributed by atoms with Gasteiger partial charge in [0, 0.05) is 22.8 Å². The van der Waals surface area contributed by atoms with E-state index in [2.05, 4.69) is 72.7 Å². The van der Waals surface area contributed by atoms with E-state index in [0.29, 0.717) is 5.92 Å². The van der Waals surface area contributed by atoms with Crippen LogP contribution in [0.4, 0.5) is 0 Å². The highest BCUT2D eigenvalue weighted by Gasteiger charge is 1.99. The molecule has 1 atom stereocenters. The van der Waals surface area contributed by atoms with E-state index in [1.54, 1.807) is 0 Å². The molecule has 0 fully saturated rings. The molecule has 0 aliphatic carbocycles. The van der Waals surface area contributed by atoms with Crippen LogP contribution in [0.25, 0.3) is 0 Å². The van der Waals surface area contributed by atoms with Gasteiger partial charge in [-0.2, -0.15) is 0 Å². The maximum absolute atomic E-state index is 4.52. The molecule has 2 aromatic rings. The van der Waals surface area contributed by atoms with Crippen molar-refractivity contribution < 1.29 is 0 Å². The van der Waals surface area contributed by atoms with Crippen LogP contribution in [0, 0.1) is 5.92 Å². The molecule has 1 unspecified atom stereocenters. The zero-order valence-corrected chi connectivity index (χ0v) is 12.0. The Hall–Kier alpha value is -1.54. The van der Waals surface area contributed by atoms with Gasteiger partial charge in [-0.05, 0) is 17.7 Å². The van der Waals surface area contributed by atoms with Crippen LogP contribution in [0.15, 0.2) is 70.6 Å². The first kappa shape index (κ1) is 13.9. The highest BCUT2D eigenvalue weighted by molar-refractivity contribution is 7.99. The standard InChI is InChI=1S/C17H19NS/c1-15(14-19-17-10-6-3-7-11-17)12-18-13-16-8-4-2-5-9-16/h2-12,15H,13-14H2,1H3. The van der Waals surface area contributed by atoms with Crippen molar-refractivity contribution in [1.82, 2.24) is 0 Å². The topological polar surface area (TPSA) is 12.4 Å². The highest BCUT2D eigenvalue weighted by atomic mass is 32.2. The Morgan fingerprint density at radius 2 is 1.63 bits per heavy atom. The molecule has 0 aromatic heterocycles. The minimum Gasteiger partial charge on any atom is -0.292 e. The summed E-state index contributed by atoms with van der Waals surface area (Å²) in [5.41, 5.74) is 1.27. The molecule has 0 bridgehead atoms. The van der Waals surface area contributed by atoms with Crippen LogP contribution in [0.2, 0.25) is 0 Å². The number of hydrogen-bond acceptors (Lipinski definition) is 2. The van der Waals surface area contributed by atoms with Gasteiger partial charge in [-0.1, -0.05) is 55.5 Å². The van der Waals surface area contributed by atoms with Crippen molar-refractivity contribution in [2.45, 2.75) is 18.4 Å². The Morgan fingerprint density at radius 3 is 2.32 bits per heavy atom. The minimum atomic E-state index is 0.494. The van der Waals surface area contributed by atoms with Gasteiger partial charge in [-0.25, -0.2) is 0 Å². The van der Waals surface area contributed by atoms with E-state index in [-0.39, 0.29) is 0 Å². The maximum Gasteiger partial charge on any atom is 0.0635 e. The minimum absolute atomic E-state index is 0.494. The third-order valence-corrected chi connectivity index (χ3v) is 4.03. The van der Waals surface area contributed by atoms with Crippen molar-refractivity contribution >= 4 is 18.0 Å². The second-order valence-electron chi connectivity index (χ2n) is 4.58. The van der Waals surface area contributed by atoms with E-state index < -0.39 is 0 Å². The van der Waals surface area contributed by atoms with E-state index >= 15 is 0 Å². The Bertz CT molecular complexity index is 493. The molecule has 0 spiro atoms. The smallest absolute Gasteiger partial charge is 0.0635 e. The number of hydrogen-bond donors (Lipinski definition) is 0. The molecule has 0 aliphatic heterocycles. The predicted molar refractivity (Wildman–Crippen MR) is 85.0 cm³/mol. The monoisotopic (exact) mass is 269 g/mol. The fourth-order valence-electron chi connectivity index (χ4n) is 1.71. The summed E-state index contributed by atoms with van der Waals surface area (Å²) in [4.78, 5) is 5.84. The maximum atomic E-state index is 4.52. The summed E-state index contributed by atoms with van der Waals surface area (Å²) in [6.45, 7) is 2.99. The quantitative estimate of drug-likeness (QED) is 0.547. The second-order valence-corrected chi connectivity index (χ2v) is 5.67. The van der Waals surface area contributed by atoms with Crippen molar-refractivity contribution in [3.05, 3.63) is 66.2 Å². The molecule has 98 valence electrons. The molecule has 2 heteroatoms. The van der Waals surface area contributed by atoms with E-state index in [0.717, 1.165) is 12.3 Å². The molecule has 0 heterocycles. The molecule has 0 radical (unpaired) electrons. The zero-order valence-electron chi connectivity index (χ0n) is 11.2. The molecule has 0 amide bonds. The van der Waals surface area contributed by atoms with Crippen LogP contribution in [-0.2, 0) is 6.54 Å². The Labute approximate surface area is 119 Å². The Morgan fingerprint density at radius 1 is 1.00 bits per heavy atom. The molecule has 1 nitrogen and oxygen atoms in total. The van der Waals surface area contributed by atoms with Crippen molar-refractivity contribution in [2.75, 3.05) is 5.75 Å². The SMILES string of the molecule is CC(C=NCc1ccccc1)CSc1ccccc1.